The first-order valence-electron chi connectivity index (χ1n) is 3.64. The second-order valence-electron chi connectivity index (χ2n) is 2.28. The Balaban J connectivity index is 3.65. The predicted octanol–water partition coefficient (Wildman–Crippen LogP) is 1.58. The summed E-state index contributed by atoms with van der Waals surface area (Å²) in [5.41, 5.74) is 0. The molecule has 0 aliphatic carbocycles. The lowest BCUT2D eigenvalue weighted by Crippen LogP contribution is -2.22. The predicted molar refractivity (Wildman–Crippen MR) is 45.4 cm³/mol. The number of hydrogen-bond donors (Lipinski definition) is 1. The van der Waals surface area contributed by atoms with E-state index in [1.165, 1.54) is 7.11 Å². The average molecular weight is 178 g/mol. The summed E-state index contributed by atoms with van der Waals surface area (Å²) in [4.78, 5) is 10.8. The molecule has 66 valence electrons. The molecule has 0 amide bonds. The van der Waals surface area contributed by atoms with Crippen molar-refractivity contribution >= 4 is 18.9 Å². The fourth-order valence-corrected chi connectivity index (χ4v) is 0.898. The van der Waals surface area contributed by atoms with E-state index in [4.69, 9.17) is 4.74 Å². The van der Waals surface area contributed by atoms with Gasteiger partial charge in [0.2, 0.25) is 0 Å². The van der Waals surface area contributed by atoms with Gasteiger partial charge in [0.05, 0.1) is 0 Å². The van der Waals surface area contributed by atoms with Crippen molar-refractivity contribution in [1.82, 2.24) is 0 Å². The number of ether oxygens (including phenoxy) is 1. The third-order valence-electron chi connectivity index (χ3n) is 1.46. The van der Waals surface area contributed by atoms with E-state index in [0.717, 1.165) is 12.8 Å². The molecule has 0 aromatic carbocycles. The third-order valence-corrected chi connectivity index (χ3v) is 1.64. The van der Waals surface area contributed by atoms with Crippen molar-refractivity contribution in [3.05, 3.63) is 0 Å². The molecule has 0 aliphatic rings. The molecule has 11 heavy (non-hydrogen) atoms. The zero-order chi connectivity index (χ0) is 8.69. The van der Waals surface area contributed by atoms with Crippen LogP contribution in [-0.4, -0.2) is 19.2 Å². The average Bonchev–Trinajstić information content (AvgIpc) is 2.05. The van der Waals surface area contributed by atoms with Gasteiger partial charge < -0.3 is 8.92 Å². The van der Waals surface area contributed by atoms with Crippen molar-refractivity contribution in [1.29, 1.82) is 0 Å². The molecule has 0 fully saturated rings. The second-order valence-corrected chi connectivity index (χ2v) is 2.46. The molecule has 1 atom stereocenters. The number of thiol groups is 1. The van der Waals surface area contributed by atoms with Crippen molar-refractivity contribution < 1.29 is 13.7 Å². The molecular formula is C7H14O3S. The molecule has 0 rings (SSSR count). The SMILES string of the molecule is CCCCC(OC)C(=O)OS. The van der Waals surface area contributed by atoms with E-state index in [1.54, 1.807) is 0 Å². The van der Waals surface area contributed by atoms with Gasteiger partial charge in [0.25, 0.3) is 0 Å². The smallest absolute Gasteiger partial charge is 0.347 e. The highest BCUT2D eigenvalue weighted by atomic mass is 32.1. The fourth-order valence-electron chi connectivity index (χ4n) is 0.780. The molecule has 3 nitrogen and oxygen atoms in total. The number of carbonyl (C=O) groups is 1. The molecule has 0 radical (unpaired) electrons. The number of carbonyl (C=O) groups excluding carboxylic acids is 1. The normalized spacial score (nSPS) is 12.6. The highest BCUT2D eigenvalue weighted by Crippen LogP contribution is 2.06. The minimum Gasteiger partial charge on any atom is -0.393 e. The van der Waals surface area contributed by atoms with Crippen LogP contribution in [0.25, 0.3) is 0 Å². The van der Waals surface area contributed by atoms with Gasteiger partial charge in [0.1, 0.15) is 0 Å². The molecule has 4 heteroatoms. The van der Waals surface area contributed by atoms with Gasteiger partial charge in [0.15, 0.2) is 6.10 Å². The maximum atomic E-state index is 10.8. The topological polar surface area (TPSA) is 35.5 Å². The van der Waals surface area contributed by atoms with E-state index in [0.29, 0.717) is 6.42 Å². The molecule has 0 aromatic heterocycles. The lowest BCUT2D eigenvalue weighted by Gasteiger charge is -2.10. The standard InChI is InChI=1S/C7H14O3S/c1-3-4-5-6(9-2)7(8)10-11/h6,11H,3-5H2,1-2H3. The maximum Gasteiger partial charge on any atom is 0.347 e. The maximum absolute atomic E-state index is 10.8. The Hall–Kier alpha value is -0.220. The van der Waals surface area contributed by atoms with Crippen LogP contribution in [-0.2, 0) is 13.7 Å². The van der Waals surface area contributed by atoms with Crippen LogP contribution in [0, 0.1) is 0 Å². The summed E-state index contributed by atoms with van der Waals surface area (Å²) < 4.78 is 9.11. The van der Waals surface area contributed by atoms with Gasteiger partial charge in [0, 0.05) is 20.0 Å². The van der Waals surface area contributed by atoms with Gasteiger partial charge in [-0.15, -0.1) is 0 Å². The first-order chi connectivity index (χ1) is 5.26. The molecule has 0 saturated carbocycles. The van der Waals surface area contributed by atoms with Crippen LogP contribution in [0.5, 0.6) is 0 Å². The van der Waals surface area contributed by atoms with Crippen LogP contribution in [0.1, 0.15) is 26.2 Å². The minimum atomic E-state index is -0.451. The summed E-state index contributed by atoms with van der Waals surface area (Å²) in [5.74, 6) is -0.413. The van der Waals surface area contributed by atoms with Crippen LogP contribution in [0.4, 0.5) is 0 Å². The lowest BCUT2D eigenvalue weighted by atomic mass is 10.2. The molecule has 0 spiro atoms. The van der Waals surface area contributed by atoms with Crippen LogP contribution in [0.3, 0.4) is 0 Å². The Bertz CT molecular complexity index is 116. The van der Waals surface area contributed by atoms with E-state index in [-0.39, 0.29) is 0 Å². The number of hydrogen-bond acceptors (Lipinski definition) is 4. The van der Waals surface area contributed by atoms with Crippen molar-refractivity contribution in [3.8, 4) is 0 Å². The second kappa shape index (κ2) is 6.49. The Morgan fingerprint density at radius 2 is 2.27 bits per heavy atom. The molecule has 0 N–H and O–H groups in total. The highest BCUT2D eigenvalue weighted by Gasteiger charge is 2.17. The molecule has 0 heterocycles. The fraction of sp³-hybridized carbons (Fsp3) is 0.857. The van der Waals surface area contributed by atoms with Crippen molar-refractivity contribution in [2.75, 3.05) is 7.11 Å². The van der Waals surface area contributed by atoms with Gasteiger partial charge in [-0.3, -0.25) is 0 Å². The minimum absolute atomic E-state index is 0.413. The van der Waals surface area contributed by atoms with Gasteiger partial charge in [-0.05, 0) is 6.42 Å². The van der Waals surface area contributed by atoms with Crippen LogP contribution < -0.4 is 0 Å². The van der Waals surface area contributed by atoms with Crippen molar-refractivity contribution in [3.63, 3.8) is 0 Å². The molecular weight excluding hydrogens is 164 g/mol. The summed E-state index contributed by atoms with van der Waals surface area (Å²) in [6, 6.07) is 0. The van der Waals surface area contributed by atoms with E-state index < -0.39 is 12.1 Å². The highest BCUT2D eigenvalue weighted by molar-refractivity contribution is 7.75. The molecule has 1 unspecified atom stereocenters. The summed E-state index contributed by atoms with van der Waals surface area (Å²) in [6.07, 6.45) is 2.25. The third kappa shape index (κ3) is 4.27. The van der Waals surface area contributed by atoms with Gasteiger partial charge in [-0.1, -0.05) is 19.8 Å². The first kappa shape index (κ1) is 10.8. The van der Waals surface area contributed by atoms with E-state index >= 15 is 0 Å². The Kier molecular flexibility index (Phi) is 6.36. The van der Waals surface area contributed by atoms with Crippen LogP contribution in [0.15, 0.2) is 0 Å². The van der Waals surface area contributed by atoms with Gasteiger partial charge in [-0.2, -0.15) is 0 Å². The summed E-state index contributed by atoms with van der Waals surface area (Å²) in [6.45, 7) is 2.05. The molecule has 0 bridgehead atoms. The summed E-state index contributed by atoms with van der Waals surface area (Å²) in [5, 5.41) is 0. The van der Waals surface area contributed by atoms with Crippen LogP contribution >= 0.6 is 12.9 Å². The number of rotatable bonds is 5. The molecule has 0 aliphatic heterocycles. The number of methoxy groups -OCH3 is 1. The number of unbranched alkanes of at least 4 members (excludes halogenated alkanes) is 1. The zero-order valence-electron chi connectivity index (χ0n) is 6.87. The Morgan fingerprint density at radius 3 is 2.64 bits per heavy atom. The van der Waals surface area contributed by atoms with Gasteiger partial charge >= 0.3 is 5.97 Å². The molecule has 0 aromatic rings. The largest absolute Gasteiger partial charge is 0.393 e. The van der Waals surface area contributed by atoms with Crippen molar-refractivity contribution in [2.45, 2.75) is 32.3 Å². The monoisotopic (exact) mass is 178 g/mol. The summed E-state index contributed by atoms with van der Waals surface area (Å²) in [7, 11) is 1.49. The Morgan fingerprint density at radius 1 is 1.64 bits per heavy atom. The van der Waals surface area contributed by atoms with E-state index in [1.807, 2.05) is 0 Å². The summed E-state index contributed by atoms with van der Waals surface area (Å²) >= 11 is 3.40. The van der Waals surface area contributed by atoms with E-state index in [9.17, 15) is 4.79 Å². The zero-order valence-corrected chi connectivity index (χ0v) is 7.77. The van der Waals surface area contributed by atoms with Crippen LogP contribution in [0.2, 0.25) is 0 Å². The molecule has 0 saturated heterocycles. The Labute approximate surface area is 72.7 Å². The first-order valence-corrected chi connectivity index (χ1v) is 4.00. The lowest BCUT2D eigenvalue weighted by molar-refractivity contribution is -0.144. The van der Waals surface area contributed by atoms with Crippen molar-refractivity contribution in [2.24, 2.45) is 0 Å². The van der Waals surface area contributed by atoms with Gasteiger partial charge in [-0.25, -0.2) is 4.79 Å². The quantitative estimate of drug-likeness (QED) is 0.513. The van der Waals surface area contributed by atoms with E-state index in [2.05, 4.69) is 24.0 Å².